The van der Waals surface area contributed by atoms with E-state index < -0.39 is 4.92 Å². The van der Waals surface area contributed by atoms with Gasteiger partial charge in [-0.1, -0.05) is 18.2 Å². The van der Waals surface area contributed by atoms with Crippen LogP contribution < -0.4 is 10.1 Å². The Morgan fingerprint density at radius 2 is 1.92 bits per heavy atom. The minimum atomic E-state index is -0.491. The van der Waals surface area contributed by atoms with Crippen molar-refractivity contribution in [2.75, 3.05) is 11.9 Å². The maximum Gasteiger partial charge on any atom is 0.293 e. The topological polar surface area (TPSA) is 81.5 Å². The van der Waals surface area contributed by atoms with Crippen molar-refractivity contribution in [2.45, 2.75) is 26.7 Å². The molecule has 6 nitrogen and oxygen atoms in total. The van der Waals surface area contributed by atoms with Crippen LogP contribution in [-0.2, 0) is 11.2 Å². The zero-order chi connectivity index (χ0) is 17.5. The van der Waals surface area contributed by atoms with Crippen molar-refractivity contribution in [3.05, 3.63) is 63.7 Å². The normalized spacial score (nSPS) is 10.2. The Labute approximate surface area is 140 Å². The number of nitro groups is 1. The van der Waals surface area contributed by atoms with Gasteiger partial charge in [-0.2, -0.15) is 0 Å². The summed E-state index contributed by atoms with van der Waals surface area (Å²) >= 11 is 0. The molecule has 0 unspecified atom stereocenters. The van der Waals surface area contributed by atoms with Crippen molar-refractivity contribution < 1.29 is 14.5 Å². The molecule has 6 heteroatoms. The number of carbonyl (C=O) groups excluding carboxylic acids is 1. The van der Waals surface area contributed by atoms with E-state index in [1.165, 1.54) is 6.07 Å². The Morgan fingerprint density at radius 1 is 1.21 bits per heavy atom. The summed E-state index contributed by atoms with van der Waals surface area (Å²) in [6.45, 7) is 4.30. The number of amides is 1. The van der Waals surface area contributed by atoms with E-state index in [0.29, 0.717) is 13.0 Å². The lowest BCUT2D eigenvalue weighted by atomic mass is 10.1. The monoisotopic (exact) mass is 328 g/mol. The lowest BCUT2D eigenvalue weighted by Crippen LogP contribution is -2.13. The molecule has 0 radical (unpaired) electrons. The standard InChI is InChI=1S/C18H20N2O4/c1-3-24-15-8-5-14(6-9-15)7-11-18(21)19-16-10-4-13(2)12-17(16)20(22)23/h4-6,8-10,12H,3,7,11H2,1-2H3,(H,19,21). The molecule has 24 heavy (non-hydrogen) atoms. The molecule has 0 saturated carbocycles. The van der Waals surface area contributed by atoms with Gasteiger partial charge in [0.25, 0.3) is 5.69 Å². The first-order valence-corrected chi connectivity index (χ1v) is 7.76. The number of ether oxygens (including phenoxy) is 1. The summed E-state index contributed by atoms with van der Waals surface area (Å²) in [5.74, 6) is 0.539. The van der Waals surface area contributed by atoms with Gasteiger partial charge in [-0.25, -0.2) is 0 Å². The Bertz CT molecular complexity index is 726. The molecule has 0 bridgehead atoms. The molecule has 0 aromatic heterocycles. The molecule has 1 amide bonds. The van der Waals surface area contributed by atoms with E-state index in [1.807, 2.05) is 31.2 Å². The highest BCUT2D eigenvalue weighted by atomic mass is 16.6. The molecule has 2 aromatic rings. The van der Waals surface area contributed by atoms with E-state index in [9.17, 15) is 14.9 Å². The molecule has 126 valence electrons. The number of benzene rings is 2. The molecule has 0 aliphatic carbocycles. The molecule has 0 aliphatic rings. The molecule has 0 atom stereocenters. The molecular weight excluding hydrogens is 308 g/mol. The molecule has 0 fully saturated rings. The number of aryl methyl sites for hydroxylation is 2. The molecule has 0 spiro atoms. The highest BCUT2D eigenvalue weighted by molar-refractivity contribution is 5.93. The van der Waals surface area contributed by atoms with Gasteiger partial charge in [0.1, 0.15) is 11.4 Å². The summed E-state index contributed by atoms with van der Waals surface area (Å²) in [6.07, 6.45) is 0.802. The zero-order valence-electron chi connectivity index (χ0n) is 13.7. The summed E-state index contributed by atoms with van der Waals surface area (Å²) in [7, 11) is 0. The number of hydrogen-bond donors (Lipinski definition) is 1. The van der Waals surface area contributed by atoms with Crippen LogP contribution in [0.2, 0.25) is 0 Å². The highest BCUT2D eigenvalue weighted by Gasteiger charge is 2.15. The molecule has 2 rings (SSSR count). The summed E-state index contributed by atoms with van der Waals surface area (Å²) in [4.78, 5) is 22.6. The maximum atomic E-state index is 12.1. The van der Waals surface area contributed by atoms with E-state index in [0.717, 1.165) is 16.9 Å². The summed E-state index contributed by atoms with van der Waals surface area (Å²) in [5.41, 5.74) is 1.91. The number of hydrogen-bond acceptors (Lipinski definition) is 4. The summed E-state index contributed by atoms with van der Waals surface area (Å²) in [5, 5.41) is 13.7. The fourth-order valence-corrected chi connectivity index (χ4v) is 2.29. The lowest BCUT2D eigenvalue weighted by molar-refractivity contribution is -0.384. The Balaban J connectivity index is 1.95. The third-order valence-corrected chi connectivity index (χ3v) is 3.50. The van der Waals surface area contributed by atoms with Crippen LogP contribution in [0.15, 0.2) is 42.5 Å². The SMILES string of the molecule is CCOc1ccc(CCC(=O)Nc2ccc(C)cc2[N+](=O)[O-])cc1. The average Bonchev–Trinajstić information content (AvgIpc) is 2.56. The van der Waals surface area contributed by atoms with Crippen molar-refractivity contribution in [1.82, 2.24) is 0 Å². The van der Waals surface area contributed by atoms with Crippen molar-refractivity contribution >= 4 is 17.3 Å². The van der Waals surface area contributed by atoms with Crippen LogP contribution in [0.1, 0.15) is 24.5 Å². The van der Waals surface area contributed by atoms with Gasteiger partial charge < -0.3 is 10.1 Å². The van der Waals surface area contributed by atoms with Crippen molar-refractivity contribution in [2.24, 2.45) is 0 Å². The quantitative estimate of drug-likeness (QED) is 0.618. The average molecular weight is 328 g/mol. The first-order valence-electron chi connectivity index (χ1n) is 7.76. The minimum absolute atomic E-state index is 0.0931. The van der Waals surface area contributed by atoms with Crippen LogP contribution in [0.25, 0.3) is 0 Å². The van der Waals surface area contributed by atoms with Crippen molar-refractivity contribution in [3.63, 3.8) is 0 Å². The van der Waals surface area contributed by atoms with Crippen LogP contribution >= 0.6 is 0 Å². The Hall–Kier alpha value is -2.89. The number of nitrogens with one attached hydrogen (secondary N) is 1. The predicted octanol–water partition coefficient (Wildman–Crippen LogP) is 3.87. The fourth-order valence-electron chi connectivity index (χ4n) is 2.29. The van der Waals surface area contributed by atoms with E-state index in [-0.39, 0.29) is 23.7 Å². The Kier molecular flexibility index (Phi) is 5.89. The second-order valence-corrected chi connectivity index (χ2v) is 5.40. The van der Waals surface area contributed by atoms with E-state index >= 15 is 0 Å². The number of rotatable bonds is 7. The van der Waals surface area contributed by atoms with Crippen molar-refractivity contribution in [3.8, 4) is 5.75 Å². The van der Waals surface area contributed by atoms with Crippen molar-refractivity contribution in [1.29, 1.82) is 0 Å². The van der Waals surface area contributed by atoms with Gasteiger partial charge in [-0.3, -0.25) is 14.9 Å². The van der Waals surface area contributed by atoms with Gasteiger partial charge in [0.15, 0.2) is 0 Å². The Morgan fingerprint density at radius 3 is 2.54 bits per heavy atom. The molecule has 0 aliphatic heterocycles. The van der Waals surface area contributed by atoms with Gasteiger partial charge >= 0.3 is 0 Å². The van der Waals surface area contributed by atoms with Crippen LogP contribution in [0.3, 0.4) is 0 Å². The first kappa shape index (κ1) is 17.5. The maximum absolute atomic E-state index is 12.1. The van der Waals surface area contributed by atoms with Gasteiger partial charge in [-0.15, -0.1) is 0 Å². The molecular formula is C18H20N2O4. The van der Waals surface area contributed by atoms with Crippen LogP contribution in [0.5, 0.6) is 5.75 Å². The zero-order valence-corrected chi connectivity index (χ0v) is 13.7. The van der Waals surface area contributed by atoms with Gasteiger partial charge in [0, 0.05) is 12.5 Å². The number of carbonyl (C=O) groups is 1. The van der Waals surface area contributed by atoms with E-state index in [1.54, 1.807) is 19.1 Å². The molecule has 1 N–H and O–H groups in total. The number of nitro benzene ring substituents is 1. The lowest BCUT2D eigenvalue weighted by Gasteiger charge is -2.07. The van der Waals surface area contributed by atoms with Crippen LogP contribution in [0, 0.1) is 17.0 Å². The summed E-state index contributed by atoms with van der Waals surface area (Å²) < 4.78 is 5.37. The largest absolute Gasteiger partial charge is 0.494 e. The first-order chi connectivity index (χ1) is 11.5. The molecule has 0 saturated heterocycles. The fraction of sp³-hybridized carbons (Fsp3) is 0.278. The summed E-state index contributed by atoms with van der Waals surface area (Å²) in [6, 6.07) is 12.3. The number of anilines is 1. The van der Waals surface area contributed by atoms with Crippen LogP contribution in [0.4, 0.5) is 11.4 Å². The van der Waals surface area contributed by atoms with E-state index in [4.69, 9.17) is 4.74 Å². The highest BCUT2D eigenvalue weighted by Crippen LogP contribution is 2.25. The second-order valence-electron chi connectivity index (χ2n) is 5.40. The van der Waals surface area contributed by atoms with E-state index in [2.05, 4.69) is 5.32 Å². The van der Waals surface area contributed by atoms with Crippen LogP contribution in [-0.4, -0.2) is 17.4 Å². The second kappa shape index (κ2) is 8.10. The minimum Gasteiger partial charge on any atom is -0.494 e. The number of nitrogens with zero attached hydrogens (tertiary/aromatic N) is 1. The third kappa shape index (κ3) is 4.81. The van der Waals surface area contributed by atoms with Gasteiger partial charge in [-0.05, 0) is 49.6 Å². The van der Waals surface area contributed by atoms with Gasteiger partial charge in [0.05, 0.1) is 11.5 Å². The molecule has 0 heterocycles. The smallest absolute Gasteiger partial charge is 0.293 e. The third-order valence-electron chi connectivity index (χ3n) is 3.50. The van der Waals surface area contributed by atoms with Gasteiger partial charge in [0.2, 0.25) is 5.91 Å². The predicted molar refractivity (Wildman–Crippen MR) is 92.4 cm³/mol. The molecule has 2 aromatic carbocycles.